The maximum Gasteiger partial charge on any atom is 0.224 e. The van der Waals surface area contributed by atoms with Crippen molar-refractivity contribution in [2.24, 2.45) is 5.92 Å². The first-order valence-corrected chi connectivity index (χ1v) is 6.17. The van der Waals surface area contributed by atoms with E-state index in [9.17, 15) is 4.79 Å². The van der Waals surface area contributed by atoms with Crippen molar-refractivity contribution >= 4 is 5.91 Å². The van der Waals surface area contributed by atoms with Gasteiger partial charge >= 0.3 is 0 Å². The van der Waals surface area contributed by atoms with E-state index in [0.29, 0.717) is 5.92 Å². The SMILES string of the molecule is CCC(CC(C)C(=O)N(C)C)c1ccncc1. The van der Waals surface area contributed by atoms with Crippen LogP contribution in [0.2, 0.25) is 0 Å². The zero-order chi connectivity index (χ0) is 12.8. The van der Waals surface area contributed by atoms with Crippen LogP contribution in [0.4, 0.5) is 0 Å². The highest BCUT2D eigenvalue weighted by Crippen LogP contribution is 2.27. The fourth-order valence-corrected chi connectivity index (χ4v) is 2.14. The van der Waals surface area contributed by atoms with Crippen molar-refractivity contribution in [1.29, 1.82) is 0 Å². The van der Waals surface area contributed by atoms with Gasteiger partial charge in [0.15, 0.2) is 0 Å². The maximum atomic E-state index is 11.8. The highest BCUT2D eigenvalue weighted by molar-refractivity contribution is 5.77. The molecule has 0 aliphatic rings. The second kappa shape index (κ2) is 6.38. The Morgan fingerprint density at radius 1 is 1.35 bits per heavy atom. The summed E-state index contributed by atoms with van der Waals surface area (Å²) in [6.45, 7) is 4.17. The van der Waals surface area contributed by atoms with Gasteiger partial charge in [-0.1, -0.05) is 13.8 Å². The van der Waals surface area contributed by atoms with Crippen LogP contribution in [-0.4, -0.2) is 29.9 Å². The zero-order valence-corrected chi connectivity index (χ0v) is 11.2. The van der Waals surface area contributed by atoms with Crippen LogP contribution in [0.3, 0.4) is 0 Å². The van der Waals surface area contributed by atoms with Crippen molar-refractivity contribution < 1.29 is 4.79 Å². The van der Waals surface area contributed by atoms with Gasteiger partial charge in [-0.15, -0.1) is 0 Å². The molecule has 0 aromatic carbocycles. The molecule has 0 saturated heterocycles. The van der Waals surface area contributed by atoms with Gasteiger partial charge in [0.05, 0.1) is 0 Å². The lowest BCUT2D eigenvalue weighted by Gasteiger charge is -2.22. The van der Waals surface area contributed by atoms with Crippen LogP contribution in [0.1, 0.15) is 38.2 Å². The number of hydrogen-bond acceptors (Lipinski definition) is 2. The third kappa shape index (κ3) is 3.84. The Kier molecular flexibility index (Phi) is 5.13. The van der Waals surface area contributed by atoms with Gasteiger partial charge in [-0.3, -0.25) is 9.78 Å². The topological polar surface area (TPSA) is 33.2 Å². The van der Waals surface area contributed by atoms with E-state index in [0.717, 1.165) is 12.8 Å². The summed E-state index contributed by atoms with van der Waals surface area (Å²) < 4.78 is 0. The number of carbonyl (C=O) groups excluding carboxylic acids is 1. The standard InChI is InChI=1S/C14H22N2O/c1-5-12(13-6-8-15-9-7-13)10-11(2)14(17)16(3)4/h6-9,11-12H,5,10H2,1-4H3. The molecule has 2 unspecified atom stereocenters. The van der Waals surface area contributed by atoms with Crippen LogP contribution in [0, 0.1) is 5.92 Å². The average molecular weight is 234 g/mol. The van der Waals surface area contributed by atoms with Crippen molar-refractivity contribution in [1.82, 2.24) is 9.88 Å². The third-order valence-corrected chi connectivity index (χ3v) is 3.17. The van der Waals surface area contributed by atoms with Crippen LogP contribution in [0.15, 0.2) is 24.5 Å². The number of nitrogens with zero attached hydrogens (tertiary/aromatic N) is 2. The molecule has 94 valence electrons. The monoisotopic (exact) mass is 234 g/mol. The van der Waals surface area contributed by atoms with E-state index in [4.69, 9.17) is 0 Å². The molecule has 3 nitrogen and oxygen atoms in total. The smallest absolute Gasteiger partial charge is 0.224 e. The average Bonchev–Trinajstić information content (AvgIpc) is 2.35. The summed E-state index contributed by atoms with van der Waals surface area (Å²) in [5.41, 5.74) is 1.28. The largest absolute Gasteiger partial charge is 0.349 e. The first-order chi connectivity index (χ1) is 8.06. The quantitative estimate of drug-likeness (QED) is 0.784. The van der Waals surface area contributed by atoms with Crippen LogP contribution in [0.5, 0.6) is 0 Å². The molecule has 0 saturated carbocycles. The molecular weight excluding hydrogens is 212 g/mol. The van der Waals surface area contributed by atoms with Gasteiger partial charge in [-0.05, 0) is 36.5 Å². The highest BCUT2D eigenvalue weighted by Gasteiger charge is 2.20. The number of carbonyl (C=O) groups is 1. The molecule has 1 heterocycles. The van der Waals surface area contributed by atoms with E-state index in [1.54, 1.807) is 4.90 Å². The molecule has 1 aromatic heterocycles. The van der Waals surface area contributed by atoms with Crippen LogP contribution >= 0.6 is 0 Å². The minimum Gasteiger partial charge on any atom is -0.349 e. The molecule has 1 aromatic rings. The number of amides is 1. The van der Waals surface area contributed by atoms with E-state index in [2.05, 4.69) is 11.9 Å². The minimum absolute atomic E-state index is 0.0723. The van der Waals surface area contributed by atoms with Gasteiger partial charge in [0.2, 0.25) is 5.91 Å². The van der Waals surface area contributed by atoms with E-state index < -0.39 is 0 Å². The van der Waals surface area contributed by atoms with Crippen LogP contribution in [0.25, 0.3) is 0 Å². The van der Waals surface area contributed by atoms with Gasteiger partial charge in [0.1, 0.15) is 0 Å². The Morgan fingerprint density at radius 2 is 1.94 bits per heavy atom. The van der Waals surface area contributed by atoms with Crippen molar-refractivity contribution in [2.75, 3.05) is 14.1 Å². The summed E-state index contributed by atoms with van der Waals surface area (Å²) in [7, 11) is 3.62. The van der Waals surface area contributed by atoms with E-state index in [1.165, 1.54) is 5.56 Å². The molecule has 0 N–H and O–H groups in total. The van der Waals surface area contributed by atoms with Crippen LogP contribution in [-0.2, 0) is 4.79 Å². The Hall–Kier alpha value is -1.38. The summed E-state index contributed by atoms with van der Waals surface area (Å²) in [4.78, 5) is 17.5. The minimum atomic E-state index is 0.0723. The number of hydrogen-bond donors (Lipinski definition) is 0. The van der Waals surface area contributed by atoms with Crippen LogP contribution < -0.4 is 0 Å². The molecule has 2 atom stereocenters. The molecular formula is C14H22N2O. The molecule has 3 heteroatoms. The molecule has 0 radical (unpaired) electrons. The summed E-state index contributed by atoms with van der Waals surface area (Å²) in [6, 6.07) is 4.09. The Labute approximate surface area is 104 Å². The summed E-state index contributed by atoms with van der Waals surface area (Å²) in [6.07, 6.45) is 5.58. The van der Waals surface area contributed by atoms with Gasteiger partial charge in [0, 0.05) is 32.4 Å². The van der Waals surface area contributed by atoms with Gasteiger partial charge in [0.25, 0.3) is 0 Å². The van der Waals surface area contributed by atoms with Crippen molar-refractivity contribution in [3.8, 4) is 0 Å². The van der Waals surface area contributed by atoms with Gasteiger partial charge < -0.3 is 4.90 Å². The predicted molar refractivity (Wildman–Crippen MR) is 69.7 cm³/mol. The fraction of sp³-hybridized carbons (Fsp3) is 0.571. The zero-order valence-electron chi connectivity index (χ0n) is 11.2. The third-order valence-electron chi connectivity index (χ3n) is 3.17. The summed E-state index contributed by atoms with van der Waals surface area (Å²) in [5, 5.41) is 0. The Morgan fingerprint density at radius 3 is 2.41 bits per heavy atom. The predicted octanol–water partition coefficient (Wildman–Crippen LogP) is 2.69. The van der Waals surface area contributed by atoms with E-state index in [1.807, 2.05) is 45.5 Å². The molecule has 0 aliphatic heterocycles. The Bertz CT molecular complexity index is 348. The molecule has 0 bridgehead atoms. The number of rotatable bonds is 5. The first kappa shape index (κ1) is 13.7. The van der Waals surface area contributed by atoms with Crippen molar-refractivity contribution in [3.05, 3.63) is 30.1 Å². The molecule has 0 spiro atoms. The summed E-state index contributed by atoms with van der Waals surface area (Å²) >= 11 is 0. The second-order valence-corrected chi connectivity index (χ2v) is 4.76. The lowest BCUT2D eigenvalue weighted by Crippen LogP contribution is -2.28. The molecule has 1 amide bonds. The van der Waals surface area contributed by atoms with Crippen molar-refractivity contribution in [3.63, 3.8) is 0 Å². The second-order valence-electron chi connectivity index (χ2n) is 4.76. The lowest BCUT2D eigenvalue weighted by molar-refractivity contribution is -0.132. The molecule has 0 fully saturated rings. The van der Waals surface area contributed by atoms with Gasteiger partial charge in [-0.25, -0.2) is 0 Å². The molecule has 0 aliphatic carbocycles. The first-order valence-electron chi connectivity index (χ1n) is 6.17. The van der Waals surface area contributed by atoms with E-state index in [-0.39, 0.29) is 11.8 Å². The molecule has 1 rings (SSSR count). The molecule has 17 heavy (non-hydrogen) atoms. The normalized spacial score (nSPS) is 14.1. The van der Waals surface area contributed by atoms with Gasteiger partial charge in [-0.2, -0.15) is 0 Å². The van der Waals surface area contributed by atoms with E-state index >= 15 is 0 Å². The summed E-state index contributed by atoms with van der Waals surface area (Å²) in [5.74, 6) is 0.720. The highest BCUT2D eigenvalue weighted by atomic mass is 16.2. The number of pyridine rings is 1. The fourth-order valence-electron chi connectivity index (χ4n) is 2.14. The Balaban J connectivity index is 2.68. The van der Waals surface area contributed by atoms with Crippen molar-refractivity contribution in [2.45, 2.75) is 32.6 Å². The number of aromatic nitrogens is 1. The maximum absolute atomic E-state index is 11.8. The lowest BCUT2D eigenvalue weighted by atomic mass is 9.87.